The van der Waals surface area contributed by atoms with E-state index in [1.807, 2.05) is 0 Å². The Labute approximate surface area is 86.9 Å². The topological polar surface area (TPSA) is 139 Å². The number of carbonyl (C=O) groups excluding carboxylic acids is 1. The van der Waals surface area contributed by atoms with Crippen molar-refractivity contribution in [3.63, 3.8) is 0 Å². The minimum absolute atomic E-state index is 0.170. The van der Waals surface area contributed by atoms with E-state index in [0.717, 1.165) is 0 Å². The van der Waals surface area contributed by atoms with Gasteiger partial charge in [-0.25, -0.2) is 18.4 Å². The van der Waals surface area contributed by atoms with Crippen LogP contribution >= 0.6 is 0 Å². The summed E-state index contributed by atoms with van der Waals surface area (Å²) in [6.45, 7) is 1.11. The molecule has 88 valence electrons. The monoisotopic (exact) mass is 239 g/mol. The summed E-state index contributed by atoms with van der Waals surface area (Å²) in [5.74, 6) is -1.58. The highest BCUT2D eigenvalue weighted by Crippen LogP contribution is 1.81. The number of hydrogen-bond donors (Lipinski definition) is 4. The van der Waals surface area contributed by atoms with E-state index >= 15 is 0 Å². The fraction of sp³-hybridized carbons (Fsp3) is 0.667. The van der Waals surface area contributed by atoms with Gasteiger partial charge in [0.25, 0.3) is 0 Å². The van der Waals surface area contributed by atoms with Crippen molar-refractivity contribution in [1.82, 2.24) is 10.6 Å². The number of amides is 2. The summed E-state index contributed by atoms with van der Waals surface area (Å²) in [6, 6.07) is -1.80. The minimum atomic E-state index is -3.62. The van der Waals surface area contributed by atoms with Gasteiger partial charge in [-0.15, -0.1) is 0 Å². The molecule has 0 aliphatic heterocycles. The molecule has 0 aliphatic carbocycles. The van der Waals surface area contributed by atoms with E-state index in [1.54, 1.807) is 0 Å². The smallest absolute Gasteiger partial charge is 0.325 e. The third-order valence-corrected chi connectivity index (χ3v) is 2.16. The quantitative estimate of drug-likeness (QED) is 0.441. The lowest BCUT2D eigenvalue weighted by atomic mass is 10.3. The molecule has 1 atom stereocenters. The van der Waals surface area contributed by atoms with Crippen LogP contribution in [-0.2, 0) is 14.8 Å². The van der Waals surface area contributed by atoms with Crippen LogP contribution in [-0.4, -0.2) is 43.9 Å². The Hall–Kier alpha value is -1.35. The number of carboxylic acids is 1. The predicted molar refractivity (Wildman–Crippen MR) is 51.6 cm³/mol. The molecule has 0 heterocycles. The average molecular weight is 239 g/mol. The highest BCUT2D eigenvalue weighted by molar-refractivity contribution is 7.89. The maximum Gasteiger partial charge on any atom is 0.325 e. The summed E-state index contributed by atoms with van der Waals surface area (Å²) in [5, 5.41) is 17.3. The standard InChI is InChI=1S/C6H13N3O5S/c1-4(5(10)11)9-6(12)8-2-3-15(7,13)14/h4H,2-3H2,1H3,(H,10,11)(H2,7,13,14)(H2,8,9,12)/t4-/m1/s1. The first kappa shape index (κ1) is 13.7. The van der Waals surface area contributed by atoms with E-state index in [2.05, 4.69) is 15.8 Å². The molecule has 0 fully saturated rings. The maximum atomic E-state index is 10.9. The number of hydrogen-bond acceptors (Lipinski definition) is 4. The zero-order valence-electron chi connectivity index (χ0n) is 8.06. The van der Waals surface area contributed by atoms with Gasteiger partial charge in [-0.1, -0.05) is 0 Å². The fourth-order valence-electron chi connectivity index (χ4n) is 0.616. The average Bonchev–Trinajstić information content (AvgIpc) is 2.01. The van der Waals surface area contributed by atoms with Gasteiger partial charge in [-0.05, 0) is 6.92 Å². The largest absolute Gasteiger partial charge is 0.480 e. The Morgan fingerprint density at radius 3 is 2.40 bits per heavy atom. The van der Waals surface area contributed by atoms with Crippen molar-refractivity contribution < 1.29 is 23.1 Å². The Morgan fingerprint density at radius 2 is 2.00 bits per heavy atom. The van der Waals surface area contributed by atoms with Gasteiger partial charge in [0, 0.05) is 6.54 Å². The Balaban J connectivity index is 3.82. The van der Waals surface area contributed by atoms with Gasteiger partial charge in [0.15, 0.2) is 0 Å². The molecule has 0 saturated heterocycles. The predicted octanol–water partition coefficient (Wildman–Crippen LogP) is -1.95. The van der Waals surface area contributed by atoms with Crippen molar-refractivity contribution in [2.75, 3.05) is 12.3 Å². The van der Waals surface area contributed by atoms with Gasteiger partial charge in [0.1, 0.15) is 6.04 Å². The first-order chi connectivity index (χ1) is 6.72. The molecule has 0 unspecified atom stereocenters. The molecule has 15 heavy (non-hydrogen) atoms. The van der Waals surface area contributed by atoms with Crippen molar-refractivity contribution in [2.45, 2.75) is 13.0 Å². The van der Waals surface area contributed by atoms with Crippen molar-refractivity contribution in [2.24, 2.45) is 5.14 Å². The highest BCUT2D eigenvalue weighted by atomic mass is 32.2. The highest BCUT2D eigenvalue weighted by Gasteiger charge is 2.13. The van der Waals surface area contributed by atoms with Gasteiger partial charge in [-0.2, -0.15) is 0 Å². The SMILES string of the molecule is C[C@@H](NC(=O)NCCS(N)(=O)=O)C(=O)O. The summed E-state index contributed by atoms with van der Waals surface area (Å²) in [4.78, 5) is 21.2. The van der Waals surface area contributed by atoms with Crippen molar-refractivity contribution in [3.8, 4) is 0 Å². The molecule has 0 rings (SSSR count). The van der Waals surface area contributed by atoms with E-state index in [0.29, 0.717) is 0 Å². The zero-order chi connectivity index (χ0) is 12.1. The Kier molecular flexibility index (Phi) is 5.02. The number of nitrogens with two attached hydrogens (primary N) is 1. The molecule has 5 N–H and O–H groups in total. The molecule has 0 aromatic carbocycles. The number of rotatable bonds is 5. The second kappa shape index (κ2) is 5.51. The number of sulfonamides is 1. The van der Waals surface area contributed by atoms with Crippen molar-refractivity contribution in [3.05, 3.63) is 0 Å². The van der Waals surface area contributed by atoms with Crippen LogP contribution in [0, 0.1) is 0 Å². The summed E-state index contributed by atoms with van der Waals surface area (Å²) < 4.78 is 20.9. The molecule has 0 saturated carbocycles. The summed E-state index contributed by atoms with van der Waals surface area (Å²) in [5.41, 5.74) is 0. The van der Waals surface area contributed by atoms with Crippen LogP contribution in [0.1, 0.15) is 6.92 Å². The molecule has 0 bridgehead atoms. The fourth-order valence-corrected chi connectivity index (χ4v) is 1.00. The first-order valence-electron chi connectivity index (χ1n) is 4.00. The number of primary sulfonamides is 1. The summed E-state index contributed by atoms with van der Waals surface area (Å²) in [7, 11) is -3.62. The van der Waals surface area contributed by atoms with Gasteiger partial charge in [-0.3, -0.25) is 4.79 Å². The van der Waals surface area contributed by atoms with E-state index in [4.69, 9.17) is 5.11 Å². The third kappa shape index (κ3) is 7.70. The van der Waals surface area contributed by atoms with Crippen LogP contribution in [0.3, 0.4) is 0 Å². The number of aliphatic carboxylic acids is 1. The van der Waals surface area contributed by atoms with Crippen LogP contribution in [0.15, 0.2) is 0 Å². The molecule has 2 amide bonds. The van der Waals surface area contributed by atoms with Gasteiger partial charge >= 0.3 is 12.0 Å². The molecule has 0 aliphatic rings. The second-order valence-electron chi connectivity index (χ2n) is 2.83. The molecular weight excluding hydrogens is 226 g/mol. The van der Waals surface area contributed by atoms with Crippen molar-refractivity contribution in [1.29, 1.82) is 0 Å². The van der Waals surface area contributed by atoms with Crippen LogP contribution in [0.2, 0.25) is 0 Å². The van der Waals surface area contributed by atoms with Crippen molar-refractivity contribution >= 4 is 22.0 Å². The lowest BCUT2D eigenvalue weighted by molar-refractivity contribution is -0.138. The van der Waals surface area contributed by atoms with Crippen LogP contribution in [0.5, 0.6) is 0 Å². The summed E-state index contributed by atoms with van der Waals surface area (Å²) >= 11 is 0. The molecular formula is C6H13N3O5S. The molecule has 0 aromatic heterocycles. The van der Waals surface area contributed by atoms with E-state index in [1.165, 1.54) is 6.92 Å². The number of urea groups is 1. The number of carboxylic acid groups (broad SMARTS) is 1. The molecule has 0 aromatic rings. The lowest BCUT2D eigenvalue weighted by Gasteiger charge is -2.09. The first-order valence-corrected chi connectivity index (χ1v) is 5.71. The number of carbonyl (C=O) groups is 2. The Bertz CT molecular complexity index is 339. The molecule has 0 spiro atoms. The molecule has 8 nitrogen and oxygen atoms in total. The zero-order valence-corrected chi connectivity index (χ0v) is 8.87. The summed E-state index contributed by atoms with van der Waals surface area (Å²) in [6.07, 6.45) is 0. The third-order valence-electron chi connectivity index (χ3n) is 1.39. The van der Waals surface area contributed by atoms with Crippen LogP contribution in [0.25, 0.3) is 0 Å². The maximum absolute atomic E-state index is 10.9. The molecule has 0 radical (unpaired) electrons. The van der Waals surface area contributed by atoms with E-state index < -0.39 is 33.8 Å². The second-order valence-corrected chi connectivity index (χ2v) is 4.56. The molecule has 9 heteroatoms. The van der Waals surface area contributed by atoms with E-state index in [9.17, 15) is 18.0 Å². The minimum Gasteiger partial charge on any atom is -0.480 e. The number of nitrogens with one attached hydrogen (secondary N) is 2. The Morgan fingerprint density at radius 1 is 1.47 bits per heavy atom. The normalized spacial score (nSPS) is 12.9. The lowest BCUT2D eigenvalue weighted by Crippen LogP contribution is -2.45. The van der Waals surface area contributed by atoms with Gasteiger partial charge in [0.2, 0.25) is 10.0 Å². The van der Waals surface area contributed by atoms with Gasteiger partial charge in [0.05, 0.1) is 5.75 Å². The van der Waals surface area contributed by atoms with Crippen LogP contribution < -0.4 is 15.8 Å². The van der Waals surface area contributed by atoms with E-state index in [-0.39, 0.29) is 6.54 Å². The van der Waals surface area contributed by atoms with Gasteiger partial charge < -0.3 is 15.7 Å². The van der Waals surface area contributed by atoms with Crippen LogP contribution in [0.4, 0.5) is 4.79 Å².